The molecule has 0 saturated heterocycles. The Morgan fingerprint density at radius 3 is 2.54 bits per heavy atom. The van der Waals surface area contributed by atoms with Gasteiger partial charge in [0.2, 0.25) is 5.91 Å². The zero-order chi connectivity index (χ0) is 27.0. The quantitative estimate of drug-likeness (QED) is 0.351. The number of halogens is 6. The topological polar surface area (TPSA) is 82.8 Å². The van der Waals surface area contributed by atoms with E-state index in [1.165, 1.54) is 48.4 Å². The van der Waals surface area contributed by atoms with E-state index in [0.29, 0.717) is 5.69 Å². The van der Waals surface area contributed by atoms with E-state index in [1.54, 1.807) is 0 Å². The molecule has 1 aliphatic carbocycles. The van der Waals surface area contributed by atoms with Gasteiger partial charge in [0.15, 0.2) is 10.8 Å². The number of amides is 1. The van der Waals surface area contributed by atoms with Gasteiger partial charge in [0.05, 0.1) is 23.5 Å². The van der Waals surface area contributed by atoms with Crippen LogP contribution >= 0.6 is 11.6 Å². The van der Waals surface area contributed by atoms with Crippen molar-refractivity contribution in [2.45, 2.75) is 43.7 Å². The van der Waals surface area contributed by atoms with Crippen LogP contribution in [0.2, 0.25) is 5.15 Å². The number of aliphatic hydroxyl groups excluding tert-OH is 1. The van der Waals surface area contributed by atoms with Gasteiger partial charge in [-0.15, -0.1) is 0 Å². The number of alkyl halides is 5. The Bertz CT molecular complexity index is 1380. The highest BCUT2D eigenvalue weighted by molar-refractivity contribution is 6.29. The standard InChI is InChI=1S/C24H23ClF5N5O2/c1-21(24(28,29)30)12-34(15-11-32-17-10-16(25)33-35(17)19(15)21)14-6-4-13(5-7-14)18-22(2,23(18,26)27)20(37)31-8-3-9-36/h4-7,10-11,18,36H,3,8-9,12H2,1-2H3,(H,31,37)/t18-,21-,22+/m1/s1. The van der Waals surface area contributed by atoms with Crippen molar-refractivity contribution in [2.75, 3.05) is 24.6 Å². The van der Waals surface area contributed by atoms with Gasteiger partial charge in [-0.2, -0.15) is 18.3 Å². The van der Waals surface area contributed by atoms with Crippen LogP contribution in [-0.4, -0.2) is 57.4 Å². The average Bonchev–Trinajstić information content (AvgIpc) is 3.11. The lowest BCUT2D eigenvalue weighted by atomic mass is 9.87. The highest BCUT2D eigenvalue weighted by Crippen LogP contribution is 2.71. The normalized spacial score (nSPS) is 26.4. The van der Waals surface area contributed by atoms with Crippen LogP contribution in [0, 0.1) is 5.41 Å². The van der Waals surface area contributed by atoms with Gasteiger partial charge in [-0.05, 0) is 38.0 Å². The van der Waals surface area contributed by atoms with Gasteiger partial charge < -0.3 is 15.3 Å². The van der Waals surface area contributed by atoms with E-state index in [2.05, 4.69) is 15.4 Å². The number of nitrogens with one attached hydrogen (secondary N) is 1. The minimum atomic E-state index is -4.63. The number of fused-ring (bicyclic) bond motifs is 3. The summed E-state index contributed by atoms with van der Waals surface area (Å²) in [6.07, 6.45) is -3.08. The van der Waals surface area contributed by atoms with Gasteiger partial charge in [0.1, 0.15) is 10.8 Å². The molecule has 0 spiro atoms. The second kappa shape index (κ2) is 8.26. The first-order chi connectivity index (χ1) is 17.3. The predicted octanol–water partition coefficient (Wildman–Crippen LogP) is 4.59. The Kier molecular flexibility index (Phi) is 5.72. The van der Waals surface area contributed by atoms with Crippen molar-refractivity contribution in [2.24, 2.45) is 5.41 Å². The third kappa shape index (κ3) is 3.59. The molecular formula is C24H23ClF5N5O2. The number of anilines is 2. The Labute approximate surface area is 213 Å². The minimum Gasteiger partial charge on any atom is -0.396 e. The van der Waals surface area contributed by atoms with Gasteiger partial charge in [-0.1, -0.05) is 23.7 Å². The van der Waals surface area contributed by atoms with Crippen molar-refractivity contribution in [3.63, 3.8) is 0 Å². The van der Waals surface area contributed by atoms with Crippen molar-refractivity contribution < 1.29 is 31.9 Å². The van der Waals surface area contributed by atoms with Crippen LogP contribution in [0.1, 0.15) is 37.4 Å². The number of carbonyl (C=O) groups is 1. The number of carbonyl (C=O) groups excluding carboxylic acids is 1. The van der Waals surface area contributed by atoms with Gasteiger partial charge in [-0.25, -0.2) is 18.3 Å². The Balaban J connectivity index is 1.48. The van der Waals surface area contributed by atoms with Gasteiger partial charge in [0.25, 0.3) is 5.92 Å². The van der Waals surface area contributed by atoms with Crippen molar-refractivity contribution in [3.8, 4) is 0 Å². The lowest BCUT2D eigenvalue weighted by Crippen LogP contribution is -2.43. The summed E-state index contributed by atoms with van der Waals surface area (Å²) in [5.74, 6) is -5.51. The number of aliphatic hydroxyl groups is 1. The summed E-state index contributed by atoms with van der Waals surface area (Å²) in [6.45, 7) is 1.66. The third-order valence-corrected chi connectivity index (χ3v) is 7.71. The fourth-order valence-electron chi connectivity index (χ4n) is 5.21. The summed E-state index contributed by atoms with van der Waals surface area (Å²) in [7, 11) is 0. The molecule has 2 aliphatic rings. The Morgan fingerprint density at radius 2 is 1.92 bits per heavy atom. The van der Waals surface area contributed by atoms with E-state index in [1.807, 2.05) is 0 Å². The molecule has 0 bridgehead atoms. The number of hydrogen-bond donors (Lipinski definition) is 2. The van der Waals surface area contributed by atoms with E-state index in [0.717, 1.165) is 11.4 Å². The largest absolute Gasteiger partial charge is 0.401 e. The van der Waals surface area contributed by atoms with Crippen LogP contribution in [0.4, 0.5) is 33.3 Å². The molecule has 3 heterocycles. The van der Waals surface area contributed by atoms with E-state index in [-0.39, 0.29) is 47.3 Å². The van der Waals surface area contributed by atoms with Crippen molar-refractivity contribution in [1.82, 2.24) is 19.9 Å². The highest BCUT2D eigenvalue weighted by Gasteiger charge is 2.82. The molecule has 7 nitrogen and oxygen atoms in total. The number of rotatable bonds is 6. The summed E-state index contributed by atoms with van der Waals surface area (Å²) in [6, 6.07) is 7.09. The van der Waals surface area contributed by atoms with Crippen molar-refractivity contribution in [1.29, 1.82) is 0 Å². The number of hydrogen-bond acceptors (Lipinski definition) is 5. The molecule has 3 aromatic rings. The lowest BCUT2D eigenvalue weighted by molar-refractivity contribution is -0.181. The molecule has 2 N–H and O–H groups in total. The second-order valence-electron chi connectivity index (χ2n) is 9.83. The molecular weight excluding hydrogens is 521 g/mol. The summed E-state index contributed by atoms with van der Waals surface area (Å²) >= 11 is 5.93. The number of benzene rings is 1. The first-order valence-corrected chi connectivity index (χ1v) is 11.9. The first-order valence-electron chi connectivity index (χ1n) is 11.5. The smallest absolute Gasteiger partial charge is 0.396 e. The highest BCUT2D eigenvalue weighted by atomic mass is 35.5. The van der Waals surface area contributed by atoms with Crippen LogP contribution in [0.25, 0.3) is 5.65 Å². The molecule has 1 amide bonds. The fraction of sp³-hybridized carbons (Fsp3) is 0.458. The van der Waals surface area contributed by atoms with Gasteiger partial charge >= 0.3 is 6.18 Å². The number of nitrogens with zero attached hydrogens (tertiary/aromatic N) is 4. The zero-order valence-corrected chi connectivity index (χ0v) is 20.5. The van der Waals surface area contributed by atoms with Crippen LogP contribution in [0.3, 0.4) is 0 Å². The third-order valence-electron chi connectivity index (χ3n) is 7.53. The second-order valence-corrected chi connectivity index (χ2v) is 10.2. The first kappa shape index (κ1) is 25.7. The van der Waals surface area contributed by atoms with E-state index in [9.17, 15) is 26.7 Å². The summed E-state index contributed by atoms with van der Waals surface area (Å²) in [5, 5.41) is 15.3. The molecule has 1 aliphatic heterocycles. The molecule has 198 valence electrons. The maximum absolute atomic E-state index is 14.8. The molecule has 37 heavy (non-hydrogen) atoms. The maximum Gasteiger partial charge on any atom is 0.401 e. The van der Waals surface area contributed by atoms with Crippen LogP contribution < -0.4 is 10.2 Å². The van der Waals surface area contributed by atoms with Gasteiger partial charge in [0, 0.05) is 31.5 Å². The molecule has 0 radical (unpaired) electrons. The monoisotopic (exact) mass is 543 g/mol. The van der Waals surface area contributed by atoms with E-state index in [4.69, 9.17) is 16.7 Å². The summed E-state index contributed by atoms with van der Waals surface area (Å²) in [5.41, 5.74) is -3.52. The molecule has 2 aromatic heterocycles. The number of aromatic nitrogens is 3. The fourth-order valence-corrected chi connectivity index (χ4v) is 5.38. The summed E-state index contributed by atoms with van der Waals surface area (Å²) in [4.78, 5) is 18.1. The van der Waals surface area contributed by atoms with Crippen molar-refractivity contribution in [3.05, 3.63) is 52.9 Å². The van der Waals surface area contributed by atoms with E-state index < -0.39 is 41.3 Å². The molecule has 3 atom stereocenters. The molecule has 0 unspecified atom stereocenters. The summed E-state index contributed by atoms with van der Waals surface area (Å²) < 4.78 is 73.7. The van der Waals surface area contributed by atoms with Crippen LogP contribution in [0.5, 0.6) is 0 Å². The SMILES string of the molecule is C[C@@]1(C(F)(F)F)CN(c2ccc([C@H]3C(F)(F)[C@]3(C)C(=O)NCCCO)cc2)c2cnc3cc(Cl)nn3c21. The Morgan fingerprint density at radius 1 is 1.24 bits per heavy atom. The van der Waals surface area contributed by atoms with Crippen molar-refractivity contribution >= 4 is 34.5 Å². The molecule has 1 aromatic carbocycles. The van der Waals surface area contributed by atoms with Gasteiger partial charge in [-0.3, -0.25) is 4.79 Å². The van der Waals surface area contributed by atoms with E-state index >= 15 is 0 Å². The average molecular weight is 544 g/mol. The minimum absolute atomic E-state index is 0.00189. The molecule has 1 saturated carbocycles. The maximum atomic E-state index is 14.8. The molecule has 5 rings (SSSR count). The van der Waals surface area contributed by atoms with Crippen LogP contribution in [0.15, 0.2) is 36.5 Å². The predicted molar refractivity (Wildman–Crippen MR) is 125 cm³/mol. The molecule has 13 heteroatoms. The zero-order valence-electron chi connectivity index (χ0n) is 19.8. The molecule has 1 fully saturated rings. The lowest BCUT2D eigenvalue weighted by Gasteiger charge is -2.28. The Hall–Kier alpha value is -2.99. The van der Waals surface area contributed by atoms with Crippen LogP contribution in [-0.2, 0) is 10.2 Å².